The number of likely N-dealkylation sites (tertiary alicyclic amines) is 1. The molecular weight excluding hydrogens is 272 g/mol. The predicted octanol–water partition coefficient (Wildman–Crippen LogP) is 3.81. The fraction of sp³-hybridized carbons (Fsp3) is 0.526. The minimum absolute atomic E-state index is 0.255. The van der Waals surface area contributed by atoms with Crippen molar-refractivity contribution in [1.29, 1.82) is 5.26 Å². The first-order chi connectivity index (χ1) is 10.7. The van der Waals surface area contributed by atoms with Crippen LogP contribution in [0.2, 0.25) is 0 Å². The molecule has 3 nitrogen and oxygen atoms in total. The van der Waals surface area contributed by atoms with Crippen molar-refractivity contribution >= 4 is 0 Å². The molecule has 3 heteroatoms. The maximum Gasteiger partial charge on any atom is 0.119 e. The lowest BCUT2D eigenvalue weighted by Gasteiger charge is -2.28. The molecule has 1 aliphatic rings. The van der Waals surface area contributed by atoms with Gasteiger partial charge in [0, 0.05) is 12.5 Å². The summed E-state index contributed by atoms with van der Waals surface area (Å²) in [6.45, 7) is 7.92. The van der Waals surface area contributed by atoms with Crippen molar-refractivity contribution in [1.82, 2.24) is 4.90 Å². The second-order valence-corrected chi connectivity index (χ2v) is 6.05. The number of allylic oxidation sites excluding steroid dienone is 2. The van der Waals surface area contributed by atoms with Crippen molar-refractivity contribution in [3.8, 4) is 11.8 Å². The van der Waals surface area contributed by atoms with E-state index in [0.29, 0.717) is 6.61 Å². The molecule has 118 valence electrons. The predicted molar refractivity (Wildman–Crippen MR) is 89.8 cm³/mol. The molecule has 2 rings (SSSR count). The Morgan fingerprint density at radius 3 is 2.59 bits per heavy atom. The number of nitriles is 1. The summed E-state index contributed by atoms with van der Waals surface area (Å²) in [4.78, 5) is 2.39. The summed E-state index contributed by atoms with van der Waals surface area (Å²) in [5.41, 5.74) is 2.70. The molecule has 0 amide bonds. The molecule has 1 aromatic carbocycles. The van der Waals surface area contributed by atoms with E-state index in [0.717, 1.165) is 44.6 Å². The smallest absolute Gasteiger partial charge is 0.119 e. The molecule has 1 heterocycles. The first-order valence-corrected chi connectivity index (χ1v) is 8.16. The molecule has 1 aliphatic heterocycles. The van der Waals surface area contributed by atoms with Crippen molar-refractivity contribution < 1.29 is 4.74 Å². The molecule has 1 aromatic rings. The Balaban J connectivity index is 1.70. The van der Waals surface area contributed by atoms with Crippen LogP contribution in [0.4, 0.5) is 0 Å². The Hall–Kier alpha value is -1.79. The van der Waals surface area contributed by atoms with Crippen molar-refractivity contribution in [3.05, 3.63) is 41.5 Å². The number of piperidine rings is 1. The van der Waals surface area contributed by atoms with E-state index in [-0.39, 0.29) is 5.92 Å². The Morgan fingerprint density at radius 1 is 1.32 bits per heavy atom. The van der Waals surface area contributed by atoms with Crippen molar-refractivity contribution in [2.45, 2.75) is 33.1 Å². The van der Waals surface area contributed by atoms with Crippen molar-refractivity contribution in [2.24, 2.45) is 5.92 Å². The average Bonchev–Trinajstić information content (AvgIpc) is 2.57. The molecule has 0 atom stereocenters. The van der Waals surface area contributed by atoms with Gasteiger partial charge in [0.15, 0.2) is 0 Å². The van der Waals surface area contributed by atoms with Crippen LogP contribution >= 0.6 is 0 Å². The minimum Gasteiger partial charge on any atom is -0.492 e. The topological polar surface area (TPSA) is 36.3 Å². The summed E-state index contributed by atoms with van der Waals surface area (Å²) in [7, 11) is 0. The van der Waals surface area contributed by atoms with Crippen molar-refractivity contribution in [2.75, 3.05) is 26.2 Å². The van der Waals surface area contributed by atoms with Crippen LogP contribution < -0.4 is 4.74 Å². The first-order valence-electron chi connectivity index (χ1n) is 8.16. The number of benzene rings is 1. The Bertz CT molecular complexity index is 519. The normalized spacial score (nSPS) is 17.2. The third kappa shape index (κ3) is 5.20. The van der Waals surface area contributed by atoms with Gasteiger partial charge in [0.05, 0.1) is 6.07 Å². The fourth-order valence-electron chi connectivity index (χ4n) is 2.71. The van der Waals surface area contributed by atoms with Crippen LogP contribution in [0.25, 0.3) is 0 Å². The number of hydrogen-bond acceptors (Lipinski definition) is 3. The lowest BCUT2D eigenvalue weighted by molar-refractivity contribution is 0.169. The van der Waals surface area contributed by atoms with Crippen molar-refractivity contribution in [3.63, 3.8) is 0 Å². The van der Waals surface area contributed by atoms with Crippen LogP contribution in [0.5, 0.6) is 5.75 Å². The summed E-state index contributed by atoms with van der Waals surface area (Å²) in [6, 6.07) is 10.8. The first kappa shape index (κ1) is 16.6. The van der Waals surface area contributed by atoms with Crippen LogP contribution in [0.3, 0.4) is 0 Å². The van der Waals surface area contributed by atoms with Crippen LogP contribution in [0, 0.1) is 17.2 Å². The molecule has 0 unspecified atom stereocenters. The fourth-order valence-corrected chi connectivity index (χ4v) is 2.71. The molecule has 22 heavy (non-hydrogen) atoms. The number of hydrogen-bond donors (Lipinski definition) is 0. The SMILES string of the molecule is C/C=C(\C)Cc1ccc(OCCN2CCC(C#N)CC2)cc1. The number of ether oxygens (including phenoxy) is 1. The summed E-state index contributed by atoms with van der Waals surface area (Å²) in [5.74, 6) is 1.19. The quantitative estimate of drug-likeness (QED) is 0.749. The van der Waals surface area contributed by atoms with Crippen LogP contribution in [0.1, 0.15) is 32.3 Å². The van der Waals surface area contributed by atoms with Gasteiger partial charge in [-0.3, -0.25) is 4.90 Å². The van der Waals surface area contributed by atoms with E-state index in [9.17, 15) is 0 Å². The molecular formula is C19H26N2O. The van der Waals surface area contributed by atoms with Crippen LogP contribution in [-0.4, -0.2) is 31.1 Å². The van der Waals surface area contributed by atoms with Gasteiger partial charge >= 0.3 is 0 Å². The largest absolute Gasteiger partial charge is 0.492 e. The molecule has 0 aliphatic carbocycles. The van der Waals surface area contributed by atoms with E-state index < -0.39 is 0 Å². The molecule has 0 radical (unpaired) electrons. The average molecular weight is 298 g/mol. The monoisotopic (exact) mass is 298 g/mol. The molecule has 0 bridgehead atoms. The third-order valence-corrected chi connectivity index (χ3v) is 4.35. The van der Waals surface area contributed by atoms with E-state index in [1.807, 2.05) is 0 Å². The highest BCUT2D eigenvalue weighted by Crippen LogP contribution is 2.17. The van der Waals surface area contributed by atoms with E-state index in [4.69, 9.17) is 10.00 Å². The lowest BCUT2D eigenvalue weighted by atomic mass is 9.99. The molecule has 0 aromatic heterocycles. The van der Waals surface area contributed by atoms with Gasteiger partial charge in [-0.25, -0.2) is 0 Å². The van der Waals surface area contributed by atoms with E-state index in [1.54, 1.807) is 0 Å². The van der Waals surface area contributed by atoms with Gasteiger partial charge in [-0.05, 0) is 63.9 Å². The zero-order valence-corrected chi connectivity index (χ0v) is 13.7. The number of nitrogens with zero attached hydrogens (tertiary/aromatic N) is 2. The van der Waals surface area contributed by atoms with Gasteiger partial charge in [0.1, 0.15) is 12.4 Å². The highest BCUT2D eigenvalue weighted by atomic mass is 16.5. The Morgan fingerprint density at radius 2 is 2.00 bits per heavy atom. The molecule has 1 fully saturated rings. The maximum atomic E-state index is 8.90. The zero-order valence-electron chi connectivity index (χ0n) is 13.7. The van der Waals surface area contributed by atoms with E-state index in [1.165, 1.54) is 11.1 Å². The van der Waals surface area contributed by atoms with Gasteiger partial charge in [0.2, 0.25) is 0 Å². The highest BCUT2D eigenvalue weighted by Gasteiger charge is 2.18. The molecule has 0 spiro atoms. The van der Waals surface area contributed by atoms with E-state index in [2.05, 4.69) is 55.2 Å². The highest BCUT2D eigenvalue weighted by molar-refractivity contribution is 5.29. The summed E-state index contributed by atoms with van der Waals surface area (Å²) in [5, 5.41) is 8.90. The van der Waals surface area contributed by atoms with Gasteiger partial charge in [-0.2, -0.15) is 5.26 Å². The zero-order chi connectivity index (χ0) is 15.8. The Kier molecular flexibility index (Phi) is 6.48. The summed E-state index contributed by atoms with van der Waals surface area (Å²) < 4.78 is 5.83. The van der Waals surface area contributed by atoms with Gasteiger partial charge < -0.3 is 4.74 Å². The molecule has 0 saturated carbocycles. The minimum atomic E-state index is 0.255. The second-order valence-electron chi connectivity index (χ2n) is 6.05. The van der Waals surface area contributed by atoms with Crippen LogP contribution in [0.15, 0.2) is 35.9 Å². The Labute approximate surface area is 134 Å². The molecule has 1 saturated heterocycles. The number of rotatable bonds is 6. The lowest BCUT2D eigenvalue weighted by Crippen LogP contribution is -2.36. The van der Waals surface area contributed by atoms with Crippen LogP contribution in [-0.2, 0) is 6.42 Å². The van der Waals surface area contributed by atoms with Gasteiger partial charge in [-0.15, -0.1) is 0 Å². The summed E-state index contributed by atoms with van der Waals surface area (Å²) >= 11 is 0. The third-order valence-electron chi connectivity index (χ3n) is 4.35. The summed E-state index contributed by atoms with van der Waals surface area (Å²) in [6.07, 6.45) is 5.15. The van der Waals surface area contributed by atoms with Gasteiger partial charge in [-0.1, -0.05) is 23.8 Å². The van der Waals surface area contributed by atoms with E-state index >= 15 is 0 Å². The molecule has 0 N–H and O–H groups in total. The van der Waals surface area contributed by atoms with Gasteiger partial charge in [0.25, 0.3) is 0 Å². The standard InChI is InChI=1S/C19H26N2O/c1-3-16(2)14-17-4-6-19(7-5-17)22-13-12-21-10-8-18(15-20)9-11-21/h3-7,18H,8-14H2,1-2H3/b16-3+. The maximum absolute atomic E-state index is 8.90. The second kappa shape index (κ2) is 8.60.